The lowest BCUT2D eigenvalue weighted by molar-refractivity contribution is -0.141. The van der Waals surface area contributed by atoms with Gasteiger partial charge in [-0.3, -0.25) is 4.79 Å². The largest absolute Gasteiger partial charge is 0.341 e. The number of aryl methyl sites for hydroxylation is 1. The molecule has 0 radical (unpaired) electrons. The van der Waals surface area contributed by atoms with E-state index in [1.54, 1.807) is 0 Å². The fourth-order valence-electron chi connectivity index (χ4n) is 3.15. The van der Waals surface area contributed by atoms with E-state index in [1.165, 1.54) is 11.1 Å². The molecule has 0 unspecified atom stereocenters. The third kappa shape index (κ3) is 4.57. The van der Waals surface area contributed by atoms with Crippen molar-refractivity contribution < 1.29 is 4.79 Å². The van der Waals surface area contributed by atoms with Crippen LogP contribution in [0.4, 0.5) is 0 Å². The highest BCUT2D eigenvalue weighted by atomic mass is 16.2. The summed E-state index contributed by atoms with van der Waals surface area (Å²) in [6.45, 7) is 7.40. The number of nitrogens with zero attached hydrogens (tertiary/aromatic N) is 1. The summed E-state index contributed by atoms with van der Waals surface area (Å²) in [5, 5.41) is 0. The highest BCUT2D eigenvalue weighted by Gasteiger charge is 2.37. The molecule has 0 aliphatic rings. The van der Waals surface area contributed by atoms with Gasteiger partial charge in [0.05, 0.1) is 5.41 Å². The monoisotopic (exact) mass is 290 g/mol. The van der Waals surface area contributed by atoms with Crippen molar-refractivity contribution in [3.8, 4) is 0 Å². The maximum atomic E-state index is 12.9. The van der Waals surface area contributed by atoms with Crippen molar-refractivity contribution in [2.75, 3.05) is 13.6 Å². The van der Waals surface area contributed by atoms with Crippen molar-refractivity contribution in [1.82, 2.24) is 4.90 Å². The number of benzene rings is 1. The minimum atomic E-state index is -0.387. The first-order valence-electron chi connectivity index (χ1n) is 8.00. The van der Waals surface area contributed by atoms with E-state index in [1.807, 2.05) is 18.0 Å². The Labute approximate surface area is 129 Å². The molecule has 2 N–H and O–H groups in total. The lowest BCUT2D eigenvalue weighted by Gasteiger charge is -2.35. The molecule has 1 rings (SSSR count). The highest BCUT2D eigenvalue weighted by Crippen LogP contribution is 2.31. The molecule has 0 saturated carbocycles. The van der Waals surface area contributed by atoms with Gasteiger partial charge in [0.25, 0.3) is 0 Å². The zero-order valence-corrected chi connectivity index (χ0v) is 14.0. The molecule has 0 aromatic heterocycles. The Balaban J connectivity index is 2.87. The van der Waals surface area contributed by atoms with Crippen molar-refractivity contribution >= 4 is 5.91 Å². The van der Waals surface area contributed by atoms with E-state index in [2.05, 4.69) is 39.0 Å². The summed E-state index contributed by atoms with van der Waals surface area (Å²) in [5.74, 6) is 0.190. The second-order valence-electron chi connectivity index (χ2n) is 6.13. The van der Waals surface area contributed by atoms with Crippen molar-refractivity contribution in [2.45, 2.75) is 53.0 Å². The Kier molecular flexibility index (Phi) is 6.90. The van der Waals surface area contributed by atoms with Crippen LogP contribution in [0.3, 0.4) is 0 Å². The molecule has 0 fully saturated rings. The second kappa shape index (κ2) is 8.18. The molecule has 0 aliphatic heterocycles. The maximum absolute atomic E-state index is 12.9. The summed E-state index contributed by atoms with van der Waals surface area (Å²) in [6, 6.07) is 8.31. The minimum Gasteiger partial charge on any atom is -0.341 e. The van der Waals surface area contributed by atoms with E-state index < -0.39 is 0 Å². The molecule has 0 spiro atoms. The standard InChI is InChI=1S/C18H30N2O/c1-5-10-18(14-19,11-6-2)17(21)20(4)13-16-9-7-8-15(3)12-16/h7-9,12H,5-6,10-11,13-14,19H2,1-4H3. The van der Waals surface area contributed by atoms with E-state index in [-0.39, 0.29) is 11.3 Å². The molecular weight excluding hydrogens is 260 g/mol. The van der Waals surface area contributed by atoms with Gasteiger partial charge in [0.1, 0.15) is 0 Å². The molecule has 0 saturated heterocycles. The maximum Gasteiger partial charge on any atom is 0.230 e. The Morgan fingerprint density at radius 3 is 2.33 bits per heavy atom. The predicted octanol–water partition coefficient (Wildman–Crippen LogP) is 3.50. The van der Waals surface area contributed by atoms with Gasteiger partial charge in [0, 0.05) is 20.1 Å². The average molecular weight is 290 g/mol. The molecule has 0 heterocycles. The van der Waals surface area contributed by atoms with Crippen LogP contribution in [-0.4, -0.2) is 24.4 Å². The van der Waals surface area contributed by atoms with Crippen LogP contribution in [0.2, 0.25) is 0 Å². The lowest BCUT2D eigenvalue weighted by atomic mass is 9.78. The lowest BCUT2D eigenvalue weighted by Crippen LogP contribution is -2.46. The number of hydrogen-bond donors (Lipinski definition) is 1. The van der Waals surface area contributed by atoms with Gasteiger partial charge in [-0.05, 0) is 25.3 Å². The van der Waals surface area contributed by atoms with Gasteiger partial charge in [0.2, 0.25) is 5.91 Å². The van der Waals surface area contributed by atoms with Crippen LogP contribution >= 0.6 is 0 Å². The molecule has 1 aromatic rings. The molecule has 1 aromatic carbocycles. The van der Waals surface area contributed by atoms with E-state index in [0.29, 0.717) is 13.1 Å². The third-order valence-corrected chi connectivity index (χ3v) is 4.15. The Hall–Kier alpha value is -1.35. The first-order valence-corrected chi connectivity index (χ1v) is 8.00. The number of hydrogen-bond acceptors (Lipinski definition) is 2. The first-order chi connectivity index (χ1) is 9.99. The smallest absolute Gasteiger partial charge is 0.230 e. The van der Waals surface area contributed by atoms with E-state index in [9.17, 15) is 4.79 Å². The summed E-state index contributed by atoms with van der Waals surface area (Å²) < 4.78 is 0. The summed E-state index contributed by atoms with van der Waals surface area (Å²) in [6.07, 6.45) is 3.71. The molecule has 0 atom stereocenters. The van der Waals surface area contributed by atoms with Crippen LogP contribution in [0, 0.1) is 12.3 Å². The molecule has 0 aliphatic carbocycles. The molecular formula is C18H30N2O. The normalized spacial score (nSPS) is 11.5. The number of carbonyl (C=O) groups excluding carboxylic acids is 1. The molecule has 3 heteroatoms. The van der Waals surface area contributed by atoms with Crippen LogP contribution in [0.5, 0.6) is 0 Å². The van der Waals surface area contributed by atoms with Gasteiger partial charge < -0.3 is 10.6 Å². The molecule has 3 nitrogen and oxygen atoms in total. The Bertz CT molecular complexity index is 450. The van der Waals surface area contributed by atoms with Crippen LogP contribution in [0.25, 0.3) is 0 Å². The quantitative estimate of drug-likeness (QED) is 0.796. The topological polar surface area (TPSA) is 46.3 Å². The van der Waals surface area contributed by atoms with Crippen LogP contribution < -0.4 is 5.73 Å². The SMILES string of the molecule is CCCC(CN)(CCC)C(=O)N(C)Cc1cccc(C)c1. The average Bonchev–Trinajstić information content (AvgIpc) is 2.46. The van der Waals surface area contributed by atoms with Crippen LogP contribution in [0.15, 0.2) is 24.3 Å². The Morgan fingerprint density at radius 1 is 1.24 bits per heavy atom. The zero-order chi connectivity index (χ0) is 15.9. The molecule has 118 valence electrons. The van der Waals surface area contributed by atoms with Gasteiger partial charge in [-0.15, -0.1) is 0 Å². The molecule has 0 bridgehead atoms. The van der Waals surface area contributed by atoms with Crippen molar-refractivity contribution in [1.29, 1.82) is 0 Å². The van der Waals surface area contributed by atoms with Gasteiger partial charge in [-0.1, -0.05) is 56.5 Å². The molecule has 1 amide bonds. The van der Waals surface area contributed by atoms with Gasteiger partial charge in [-0.2, -0.15) is 0 Å². The number of carbonyl (C=O) groups is 1. The van der Waals surface area contributed by atoms with Crippen molar-refractivity contribution in [2.24, 2.45) is 11.1 Å². The van der Waals surface area contributed by atoms with Gasteiger partial charge in [0.15, 0.2) is 0 Å². The van der Waals surface area contributed by atoms with Crippen LogP contribution in [-0.2, 0) is 11.3 Å². The van der Waals surface area contributed by atoms with Crippen molar-refractivity contribution in [3.05, 3.63) is 35.4 Å². The van der Waals surface area contributed by atoms with Crippen LogP contribution in [0.1, 0.15) is 50.7 Å². The highest BCUT2D eigenvalue weighted by molar-refractivity contribution is 5.82. The van der Waals surface area contributed by atoms with E-state index >= 15 is 0 Å². The summed E-state index contributed by atoms with van der Waals surface area (Å²) >= 11 is 0. The third-order valence-electron chi connectivity index (χ3n) is 4.15. The fourth-order valence-corrected chi connectivity index (χ4v) is 3.15. The zero-order valence-electron chi connectivity index (χ0n) is 14.0. The second-order valence-corrected chi connectivity index (χ2v) is 6.13. The number of rotatable bonds is 8. The van der Waals surface area contributed by atoms with E-state index in [4.69, 9.17) is 5.73 Å². The van der Waals surface area contributed by atoms with Crippen molar-refractivity contribution in [3.63, 3.8) is 0 Å². The molecule has 21 heavy (non-hydrogen) atoms. The number of amides is 1. The number of nitrogens with two attached hydrogens (primary N) is 1. The van der Waals surface area contributed by atoms with Gasteiger partial charge in [-0.25, -0.2) is 0 Å². The van der Waals surface area contributed by atoms with Gasteiger partial charge >= 0.3 is 0 Å². The summed E-state index contributed by atoms with van der Waals surface area (Å²) in [4.78, 5) is 14.8. The fraction of sp³-hybridized carbons (Fsp3) is 0.611. The summed E-state index contributed by atoms with van der Waals surface area (Å²) in [7, 11) is 1.89. The Morgan fingerprint density at radius 2 is 1.86 bits per heavy atom. The first kappa shape index (κ1) is 17.7. The predicted molar refractivity (Wildman–Crippen MR) is 89.0 cm³/mol. The van der Waals surface area contributed by atoms with E-state index in [0.717, 1.165) is 25.7 Å². The minimum absolute atomic E-state index is 0.190. The summed E-state index contributed by atoms with van der Waals surface area (Å²) in [5.41, 5.74) is 8.00.